The molecule has 4 fully saturated rings. The second-order valence-electron chi connectivity index (χ2n) is 9.08. The molecule has 5 atom stereocenters. The molecule has 1 aliphatic heterocycles. The van der Waals surface area contributed by atoms with Crippen LogP contribution in [0, 0.1) is 24.2 Å². The van der Waals surface area contributed by atoms with Crippen molar-refractivity contribution in [2.24, 2.45) is 17.3 Å². The average Bonchev–Trinajstić information content (AvgIpc) is 2.92. The third-order valence-corrected chi connectivity index (χ3v) is 7.18. The van der Waals surface area contributed by atoms with E-state index in [-0.39, 0.29) is 29.5 Å². The number of hydrogen-bond donors (Lipinski definition) is 2. The number of hydrogen-bond acceptors (Lipinski definition) is 3. The molecule has 0 spiro atoms. The molecule has 2 N–H and O–H groups in total. The van der Waals surface area contributed by atoms with Crippen LogP contribution in [-0.2, 0) is 15.7 Å². The zero-order valence-electron chi connectivity index (χ0n) is 16.4. The van der Waals surface area contributed by atoms with Crippen molar-refractivity contribution in [3.05, 3.63) is 35.4 Å². The lowest BCUT2D eigenvalue weighted by Gasteiger charge is -2.64. The second kappa shape index (κ2) is 6.98. The largest absolute Gasteiger partial charge is 0.482 e. The summed E-state index contributed by atoms with van der Waals surface area (Å²) in [5.41, 5.74) is 2.21. The lowest BCUT2D eigenvalue weighted by Crippen LogP contribution is -2.65. The summed E-state index contributed by atoms with van der Waals surface area (Å²) < 4.78 is 12.7. The first-order valence-corrected chi connectivity index (χ1v) is 9.58. The average molecular weight is 394 g/mol. The maximum absolute atomic E-state index is 11.4. The van der Waals surface area contributed by atoms with Crippen LogP contribution in [0.1, 0.15) is 44.7 Å². The molecule has 148 valence electrons. The molecule has 3 aliphatic carbocycles. The number of carbonyl (C=O) groups is 1. The topological polar surface area (TPSA) is 67.8 Å². The Morgan fingerprint density at radius 1 is 1.30 bits per heavy atom. The Bertz CT molecular complexity index is 712. The number of halogens is 1. The molecule has 4 aliphatic rings. The molecular weight excluding hydrogens is 364 g/mol. The van der Waals surface area contributed by atoms with Crippen LogP contribution in [0.3, 0.4) is 0 Å². The van der Waals surface area contributed by atoms with Crippen LogP contribution in [0.5, 0.6) is 0 Å². The predicted molar refractivity (Wildman–Crippen MR) is 107 cm³/mol. The van der Waals surface area contributed by atoms with Crippen molar-refractivity contribution in [1.82, 2.24) is 5.32 Å². The first kappa shape index (κ1) is 20.5. The van der Waals surface area contributed by atoms with E-state index in [9.17, 15) is 9.90 Å². The number of nitrogens with one attached hydrogen (secondary N) is 1. The van der Waals surface area contributed by atoms with Gasteiger partial charge in [0.15, 0.2) is 0 Å². The highest BCUT2D eigenvalue weighted by Crippen LogP contribution is 2.65. The summed E-state index contributed by atoms with van der Waals surface area (Å²) >= 11 is 0. The van der Waals surface area contributed by atoms with E-state index >= 15 is 0 Å². The Labute approximate surface area is 167 Å². The van der Waals surface area contributed by atoms with Gasteiger partial charge in [-0.1, -0.05) is 43.7 Å². The zero-order valence-corrected chi connectivity index (χ0v) is 17.2. The molecule has 27 heavy (non-hydrogen) atoms. The van der Waals surface area contributed by atoms with Crippen LogP contribution in [-0.4, -0.2) is 36.0 Å². The maximum Gasteiger partial charge on any atom is 0.482 e. The van der Waals surface area contributed by atoms with Gasteiger partial charge in [0.2, 0.25) is 0 Å². The van der Waals surface area contributed by atoms with Gasteiger partial charge in [-0.3, -0.25) is 0 Å². The minimum Gasteiger partial charge on any atom is -0.465 e. The second-order valence-corrected chi connectivity index (χ2v) is 9.08. The highest BCUT2D eigenvalue weighted by molar-refractivity contribution is 6.47. The Morgan fingerprint density at radius 2 is 1.96 bits per heavy atom. The Morgan fingerprint density at radius 3 is 2.56 bits per heavy atom. The molecule has 5 nitrogen and oxygen atoms in total. The third kappa shape index (κ3) is 3.36. The minimum absolute atomic E-state index is 0. The Hall–Kier alpha value is -1.24. The molecule has 3 saturated carbocycles. The van der Waals surface area contributed by atoms with Crippen LogP contribution in [0.2, 0.25) is 0 Å². The van der Waals surface area contributed by atoms with Crippen molar-refractivity contribution in [3.63, 3.8) is 0 Å². The number of amides is 1. The van der Waals surface area contributed by atoms with Crippen molar-refractivity contribution < 1.29 is 19.2 Å². The number of benzene rings is 1. The molecule has 1 heterocycles. The molecule has 5 rings (SSSR count). The van der Waals surface area contributed by atoms with Crippen molar-refractivity contribution >= 4 is 25.6 Å². The zero-order chi connectivity index (χ0) is 18.7. The minimum atomic E-state index is -1.04. The standard InChI is InChI=1S/C20H28BNO4.ClH/c1-12-5-7-13(8-6-12)9-17(22-18(23)24)21-25-16-11-14-10-15(19(14,2)3)20(16,4)26-21;/h5-8,14-17,22H,9-11H2,1-4H3,(H,23,24);1H/t14-,15-,16+,17-,20-;/m0./s1. The molecule has 1 aromatic rings. The van der Waals surface area contributed by atoms with Crippen LogP contribution < -0.4 is 5.32 Å². The maximum atomic E-state index is 11.4. The first-order valence-electron chi connectivity index (χ1n) is 9.58. The van der Waals surface area contributed by atoms with E-state index in [1.54, 1.807) is 0 Å². The van der Waals surface area contributed by atoms with E-state index in [4.69, 9.17) is 9.31 Å². The van der Waals surface area contributed by atoms with E-state index in [2.05, 4.69) is 26.1 Å². The molecule has 1 saturated heterocycles. The molecule has 7 heteroatoms. The van der Waals surface area contributed by atoms with Gasteiger partial charge < -0.3 is 19.7 Å². The molecule has 0 unspecified atom stereocenters. The highest BCUT2D eigenvalue weighted by Gasteiger charge is 2.68. The summed E-state index contributed by atoms with van der Waals surface area (Å²) in [6.07, 6.45) is 1.75. The SMILES string of the molecule is Cc1ccc(C[C@H](NC(=O)O)B2O[C@@H]3C[C@@H]4C[C@@H](C4(C)C)[C@]3(C)O2)cc1.Cl. The fourth-order valence-electron chi connectivity index (χ4n) is 5.42. The Balaban J connectivity index is 0.00000210. The Kier molecular flexibility index (Phi) is 5.30. The van der Waals surface area contributed by atoms with E-state index in [1.807, 2.05) is 31.2 Å². The third-order valence-electron chi connectivity index (χ3n) is 7.18. The summed E-state index contributed by atoms with van der Waals surface area (Å²) in [7, 11) is -0.544. The lowest BCUT2D eigenvalue weighted by atomic mass is 9.43. The summed E-state index contributed by atoms with van der Waals surface area (Å²) in [6.45, 7) is 8.84. The number of aryl methyl sites for hydroxylation is 1. The first-order chi connectivity index (χ1) is 12.2. The lowest BCUT2D eigenvalue weighted by molar-refractivity contribution is -0.199. The van der Waals surface area contributed by atoms with E-state index in [0.717, 1.165) is 12.0 Å². The van der Waals surface area contributed by atoms with Gasteiger partial charge in [0.05, 0.1) is 17.6 Å². The van der Waals surface area contributed by atoms with Crippen LogP contribution >= 0.6 is 12.4 Å². The van der Waals surface area contributed by atoms with E-state index in [0.29, 0.717) is 18.3 Å². The quantitative estimate of drug-likeness (QED) is 0.762. The van der Waals surface area contributed by atoms with Gasteiger partial charge in [-0.25, -0.2) is 4.79 Å². The van der Waals surface area contributed by atoms with Gasteiger partial charge in [-0.2, -0.15) is 0 Å². The van der Waals surface area contributed by atoms with Crippen molar-refractivity contribution in [2.75, 3.05) is 0 Å². The van der Waals surface area contributed by atoms with Gasteiger partial charge in [0, 0.05) is 0 Å². The summed E-state index contributed by atoms with van der Waals surface area (Å²) in [5.74, 6) is 0.724. The molecule has 0 radical (unpaired) electrons. The van der Waals surface area contributed by atoms with E-state index < -0.39 is 19.2 Å². The molecular formula is C20H29BClNO4. The summed E-state index contributed by atoms with van der Waals surface area (Å²) in [6, 6.07) is 8.16. The van der Waals surface area contributed by atoms with Crippen LogP contribution in [0.25, 0.3) is 0 Å². The van der Waals surface area contributed by atoms with Gasteiger partial charge in [-0.15, -0.1) is 12.4 Å². The fourth-order valence-corrected chi connectivity index (χ4v) is 5.42. The molecule has 0 aromatic heterocycles. The van der Waals surface area contributed by atoms with Crippen LogP contribution in [0.15, 0.2) is 24.3 Å². The number of carboxylic acid groups (broad SMARTS) is 1. The fraction of sp³-hybridized carbons (Fsp3) is 0.650. The van der Waals surface area contributed by atoms with Gasteiger partial charge >= 0.3 is 13.2 Å². The molecule has 2 bridgehead atoms. The monoisotopic (exact) mass is 393 g/mol. The number of rotatable bonds is 4. The van der Waals surface area contributed by atoms with Crippen LogP contribution in [0.4, 0.5) is 4.79 Å². The van der Waals surface area contributed by atoms with E-state index in [1.165, 1.54) is 12.0 Å². The van der Waals surface area contributed by atoms with Gasteiger partial charge in [-0.05, 0) is 55.9 Å². The molecule has 1 amide bonds. The molecule has 1 aromatic carbocycles. The van der Waals surface area contributed by atoms with Crippen molar-refractivity contribution in [1.29, 1.82) is 0 Å². The normalized spacial score (nSPS) is 34.1. The van der Waals surface area contributed by atoms with Gasteiger partial charge in [0.1, 0.15) is 0 Å². The van der Waals surface area contributed by atoms with Gasteiger partial charge in [0.25, 0.3) is 0 Å². The van der Waals surface area contributed by atoms with Crippen molar-refractivity contribution in [2.45, 2.75) is 64.6 Å². The predicted octanol–water partition coefficient (Wildman–Crippen LogP) is 3.86. The smallest absolute Gasteiger partial charge is 0.465 e. The van der Waals surface area contributed by atoms with Crippen molar-refractivity contribution in [3.8, 4) is 0 Å². The summed E-state index contributed by atoms with van der Waals surface area (Å²) in [4.78, 5) is 11.4. The summed E-state index contributed by atoms with van der Waals surface area (Å²) in [5, 5.41) is 11.9. The highest BCUT2D eigenvalue weighted by atomic mass is 35.5.